The van der Waals surface area contributed by atoms with Crippen molar-refractivity contribution in [2.45, 2.75) is 32.4 Å². The average molecular weight is 394 g/mol. The number of carboxylic acid groups (broad SMARTS) is 1. The normalized spacial score (nSPS) is 19.4. The number of hydrogen-bond acceptors (Lipinski definition) is 3. The molecule has 0 bridgehead atoms. The van der Waals surface area contributed by atoms with E-state index < -0.39 is 23.8 Å². The van der Waals surface area contributed by atoms with E-state index in [2.05, 4.69) is 5.32 Å². The Morgan fingerprint density at radius 3 is 2.10 bits per heavy atom. The van der Waals surface area contributed by atoms with Crippen LogP contribution in [0.4, 0.5) is 0 Å². The van der Waals surface area contributed by atoms with Gasteiger partial charge in [0.15, 0.2) is 0 Å². The standard InChI is InChI=1S/C23H26N2O4/c1-15(23(28)29)21(18-11-7-4-8-12-18)24-22(27)19-13-20(26)25(14-19)16(2)17-9-5-3-6-10-17/h3-12,15-16,19,21H,13-14H2,1-2H3,(H,24,27)(H,28,29). The molecule has 0 spiro atoms. The maximum Gasteiger partial charge on any atom is 0.308 e. The van der Waals surface area contributed by atoms with E-state index in [0.717, 1.165) is 11.1 Å². The molecule has 0 saturated carbocycles. The van der Waals surface area contributed by atoms with Gasteiger partial charge in [0, 0.05) is 13.0 Å². The van der Waals surface area contributed by atoms with Crippen LogP contribution in [0.1, 0.15) is 43.5 Å². The number of nitrogens with zero attached hydrogens (tertiary/aromatic N) is 1. The van der Waals surface area contributed by atoms with E-state index in [0.29, 0.717) is 6.54 Å². The molecule has 6 heteroatoms. The van der Waals surface area contributed by atoms with E-state index >= 15 is 0 Å². The third kappa shape index (κ3) is 4.65. The molecule has 1 aliphatic rings. The van der Waals surface area contributed by atoms with Crippen LogP contribution in [0.25, 0.3) is 0 Å². The van der Waals surface area contributed by atoms with Crippen molar-refractivity contribution >= 4 is 17.8 Å². The Hall–Kier alpha value is -3.15. The molecule has 152 valence electrons. The van der Waals surface area contributed by atoms with E-state index in [1.807, 2.05) is 55.5 Å². The van der Waals surface area contributed by atoms with E-state index in [1.165, 1.54) is 0 Å². The van der Waals surface area contributed by atoms with Crippen molar-refractivity contribution in [3.63, 3.8) is 0 Å². The first kappa shape index (κ1) is 20.6. The Morgan fingerprint density at radius 1 is 1.00 bits per heavy atom. The first-order valence-corrected chi connectivity index (χ1v) is 9.81. The smallest absolute Gasteiger partial charge is 0.308 e. The minimum Gasteiger partial charge on any atom is -0.481 e. The first-order valence-electron chi connectivity index (χ1n) is 9.81. The highest BCUT2D eigenvalue weighted by Gasteiger charge is 2.38. The van der Waals surface area contributed by atoms with E-state index in [9.17, 15) is 19.5 Å². The van der Waals surface area contributed by atoms with Crippen molar-refractivity contribution < 1.29 is 19.5 Å². The number of rotatable bonds is 7. The Kier molecular flexibility index (Phi) is 6.32. The quantitative estimate of drug-likeness (QED) is 0.755. The van der Waals surface area contributed by atoms with Gasteiger partial charge < -0.3 is 15.3 Å². The summed E-state index contributed by atoms with van der Waals surface area (Å²) in [7, 11) is 0. The zero-order valence-corrected chi connectivity index (χ0v) is 16.6. The first-order chi connectivity index (χ1) is 13.9. The SMILES string of the molecule is CC(C(=O)O)C(NC(=O)C1CC(=O)N(C(C)c2ccccc2)C1)c1ccccc1. The fourth-order valence-corrected chi connectivity index (χ4v) is 3.76. The average Bonchev–Trinajstić information content (AvgIpc) is 3.13. The van der Waals surface area contributed by atoms with Crippen molar-refractivity contribution in [2.24, 2.45) is 11.8 Å². The maximum atomic E-state index is 12.9. The van der Waals surface area contributed by atoms with E-state index in [-0.39, 0.29) is 24.3 Å². The molecule has 0 radical (unpaired) electrons. The second kappa shape index (κ2) is 8.90. The van der Waals surface area contributed by atoms with Crippen LogP contribution >= 0.6 is 0 Å². The van der Waals surface area contributed by atoms with Crippen LogP contribution in [0.5, 0.6) is 0 Å². The third-order valence-electron chi connectivity index (χ3n) is 5.62. The van der Waals surface area contributed by atoms with Gasteiger partial charge in [-0.05, 0) is 25.0 Å². The number of amides is 2. The van der Waals surface area contributed by atoms with Gasteiger partial charge in [-0.15, -0.1) is 0 Å². The molecule has 29 heavy (non-hydrogen) atoms. The van der Waals surface area contributed by atoms with Gasteiger partial charge in [-0.2, -0.15) is 0 Å². The van der Waals surface area contributed by atoms with Gasteiger partial charge in [0.05, 0.1) is 23.9 Å². The topological polar surface area (TPSA) is 86.7 Å². The molecular weight excluding hydrogens is 368 g/mol. The summed E-state index contributed by atoms with van der Waals surface area (Å²) >= 11 is 0. The number of carboxylic acids is 1. The molecule has 3 rings (SSSR count). The Balaban J connectivity index is 1.72. The lowest BCUT2D eigenvalue weighted by Crippen LogP contribution is -2.40. The molecule has 1 heterocycles. The molecule has 2 aromatic rings. The number of likely N-dealkylation sites (tertiary alicyclic amines) is 1. The van der Waals surface area contributed by atoms with Crippen LogP contribution in [0.15, 0.2) is 60.7 Å². The fraction of sp³-hybridized carbons (Fsp3) is 0.348. The second-order valence-corrected chi connectivity index (χ2v) is 7.56. The van der Waals surface area contributed by atoms with Crippen LogP contribution in [0.2, 0.25) is 0 Å². The lowest BCUT2D eigenvalue weighted by molar-refractivity contribution is -0.142. The van der Waals surface area contributed by atoms with Gasteiger partial charge in [0.1, 0.15) is 0 Å². The number of carbonyl (C=O) groups is 3. The van der Waals surface area contributed by atoms with Crippen LogP contribution in [-0.4, -0.2) is 34.3 Å². The highest BCUT2D eigenvalue weighted by molar-refractivity contribution is 5.90. The molecule has 4 unspecified atom stereocenters. The zero-order valence-electron chi connectivity index (χ0n) is 16.6. The second-order valence-electron chi connectivity index (χ2n) is 7.56. The summed E-state index contributed by atoms with van der Waals surface area (Å²) in [5.74, 6) is -2.63. The van der Waals surface area contributed by atoms with E-state index in [4.69, 9.17) is 0 Å². The highest BCUT2D eigenvalue weighted by atomic mass is 16.4. The third-order valence-corrected chi connectivity index (χ3v) is 5.62. The maximum absolute atomic E-state index is 12.9. The molecule has 6 nitrogen and oxygen atoms in total. The summed E-state index contributed by atoms with van der Waals surface area (Å²) in [5.41, 5.74) is 1.75. The lowest BCUT2D eigenvalue weighted by Gasteiger charge is -2.26. The largest absolute Gasteiger partial charge is 0.481 e. The van der Waals surface area contributed by atoms with Crippen LogP contribution in [-0.2, 0) is 14.4 Å². The number of hydrogen-bond donors (Lipinski definition) is 2. The molecule has 2 amide bonds. The molecule has 1 saturated heterocycles. The zero-order chi connectivity index (χ0) is 21.0. The molecule has 2 N–H and O–H groups in total. The number of carbonyl (C=O) groups excluding carboxylic acids is 2. The van der Waals surface area contributed by atoms with Crippen molar-refractivity contribution in [1.29, 1.82) is 0 Å². The summed E-state index contributed by atoms with van der Waals surface area (Å²) in [6.45, 7) is 3.85. The summed E-state index contributed by atoms with van der Waals surface area (Å²) in [5, 5.41) is 12.3. The summed E-state index contributed by atoms with van der Waals surface area (Å²) in [6.07, 6.45) is 0.131. The predicted molar refractivity (Wildman–Crippen MR) is 109 cm³/mol. The van der Waals surface area contributed by atoms with Gasteiger partial charge in [-0.1, -0.05) is 60.7 Å². The summed E-state index contributed by atoms with van der Waals surface area (Å²) < 4.78 is 0. The van der Waals surface area contributed by atoms with Gasteiger partial charge in [0.25, 0.3) is 0 Å². The van der Waals surface area contributed by atoms with Crippen LogP contribution < -0.4 is 5.32 Å². The van der Waals surface area contributed by atoms with Gasteiger partial charge in [-0.3, -0.25) is 14.4 Å². The Morgan fingerprint density at radius 2 is 1.55 bits per heavy atom. The fourth-order valence-electron chi connectivity index (χ4n) is 3.76. The number of benzene rings is 2. The molecule has 2 aromatic carbocycles. The summed E-state index contributed by atoms with van der Waals surface area (Å²) in [6, 6.07) is 18.0. The number of aliphatic carboxylic acids is 1. The minimum absolute atomic E-state index is 0.0657. The molecular formula is C23H26N2O4. The Labute approximate surface area is 170 Å². The van der Waals surface area contributed by atoms with Crippen molar-refractivity contribution in [1.82, 2.24) is 10.2 Å². The van der Waals surface area contributed by atoms with Crippen molar-refractivity contribution in [3.8, 4) is 0 Å². The van der Waals surface area contributed by atoms with Crippen molar-refractivity contribution in [3.05, 3.63) is 71.8 Å². The van der Waals surface area contributed by atoms with Crippen LogP contribution in [0.3, 0.4) is 0 Å². The van der Waals surface area contributed by atoms with Crippen LogP contribution in [0, 0.1) is 11.8 Å². The van der Waals surface area contributed by atoms with E-state index in [1.54, 1.807) is 24.0 Å². The number of nitrogens with one attached hydrogen (secondary N) is 1. The molecule has 0 aromatic heterocycles. The molecule has 4 atom stereocenters. The van der Waals surface area contributed by atoms with Gasteiger partial charge in [0.2, 0.25) is 11.8 Å². The molecule has 1 aliphatic heterocycles. The lowest BCUT2D eigenvalue weighted by atomic mass is 9.93. The highest BCUT2D eigenvalue weighted by Crippen LogP contribution is 2.30. The minimum atomic E-state index is -0.985. The van der Waals surface area contributed by atoms with Gasteiger partial charge >= 0.3 is 5.97 Å². The van der Waals surface area contributed by atoms with Gasteiger partial charge in [-0.25, -0.2) is 0 Å². The monoisotopic (exact) mass is 394 g/mol. The molecule has 0 aliphatic carbocycles. The Bertz CT molecular complexity index is 869. The predicted octanol–water partition coefficient (Wildman–Crippen LogP) is 3.17. The summed E-state index contributed by atoms with van der Waals surface area (Å²) in [4.78, 5) is 38.8. The molecule has 1 fully saturated rings. The van der Waals surface area contributed by atoms with Crippen molar-refractivity contribution in [2.75, 3.05) is 6.54 Å².